The van der Waals surface area contributed by atoms with Gasteiger partial charge in [-0.1, -0.05) is 12.1 Å². The van der Waals surface area contributed by atoms with Gasteiger partial charge in [0.25, 0.3) is 0 Å². The van der Waals surface area contributed by atoms with Crippen LogP contribution in [-0.4, -0.2) is 16.2 Å². The van der Waals surface area contributed by atoms with Crippen molar-refractivity contribution in [3.8, 4) is 5.75 Å². The first-order valence-electron chi connectivity index (χ1n) is 4.18. The summed E-state index contributed by atoms with van der Waals surface area (Å²) in [5.41, 5.74) is 0.926. The lowest BCUT2D eigenvalue weighted by Crippen LogP contribution is -1.96. The molecule has 0 radical (unpaired) electrons. The molecule has 0 unspecified atom stereocenters. The largest absolute Gasteiger partial charge is 0.508 e. The van der Waals surface area contributed by atoms with E-state index in [0.29, 0.717) is 6.42 Å². The van der Waals surface area contributed by atoms with E-state index < -0.39 is 5.97 Å². The standard InChI is InChI=1S/C9H10O3.C2H4/c10-8-4-1-7(2-5-8)3-6-9(11)12;1-2/h1-2,4-5,10H,3,6H2,(H,11,12);1-2H2. The Morgan fingerprint density at radius 2 is 1.71 bits per heavy atom. The van der Waals surface area contributed by atoms with Crippen molar-refractivity contribution in [1.82, 2.24) is 0 Å². The molecule has 0 spiro atoms. The summed E-state index contributed by atoms with van der Waals surface area (Å²) in [6.07, 6.45) is 0.639. The second-order valence-corrected chi connectivity index (χ2v) is 2.56. The lowest BCUT2D eigenvalue weighted by atomic mass is 10.1. The van der Waals surface area contributed by atoms with Crippen molar-refractivity contribution in [2.45, 2.75) is 12.8 Å². The lowest BCUT2D eigenvalue weighted by molar-refractivity contribution is -0.136. The Kier molecular flexibility index (Phi) is 5.87. The number of rotatable bonds is 3. The Morgan fingerprint density at radius 3 is 2.14 bits per heavy atom. The summed E-state index contributed by atoms with van der Waals surface area (Å²) in [5.74, 6) is -0.600. The number of hydrogen-bond donors (Lipinski definition) is 2. The highest BCUT2D eigenvalue weighted by molar-refractivity contribution is 5.67. The van der Waals surface area contributed by atoms with Crippen LogP contribution < -0.4 is 0 Å². The highest BCUT2D eigenvalue weighted by atomic mass is 16.4. The van der Waals surface area contributed by atoms with E-state index >= 15 is 0 Å². The van der Waals surface area contributed by atoms with E-state index in [1.807, 2.05) is 0 Å². The van der Waals surface area contributed by atoms with Crippen LogP contribution in [0.1, 0.15) is 12.0 Å². The smallest absolute Gasteiger partial charge is 0.303 e. The molecular weight excluding hydrogens is 180 g/mol. The molecule has 1 aromatic rings. The molecule has 2 N–H and O–H groups in total. The zero-order valence-corrected chi connectivity index (χ0v) is 7.94. The number of phenolic OH excluding ortho intramolecular Hbond substituents is 1. The molecule has 14 heavy (non-hydrogen) atoms. The third kappa shape index (κ3) is 4.98. The number of carboxylic acid groups (broad SMARTS) is 1. The first-order chi connectivity index (χ1) is 6.68. The summed E-state index contributed by atoms with van der Waals surface area (Å²) in [6.45, 7) is 6.00. The number of benzene rings is 1. The quantitative estimate of drug-likeness (QED) is 0.725. The summed E-state index contributed by atoms with van der Waals surface area (Å²) >= 11 is 0. The van der Waals surface area contributed by atoms with Gasteiger partial charge in [-0.15, -0.1) is 13.2 Å². The molecule has 76 valence electrons. The number of aryl methyl sites for hydroxylation is 1. The summed E-state index contributed by atoms with van der Waals surface area (Å²) in [7, 11) is 0. The van der Waals surface area contributed by atoms with Gasteiger partial charge in [0.15, 0.2) is 0 Å². The molecule has 0 amide bonds. The Hall–Kier alpha value is -1.77. The van der Waals surface area contributed by atoms with E-state index in [-0.39, 0.29) is 12.2 Å². The number of aromatic hydroxyl groups is 1. The van der Waals surface area contributed by atoms with Crippen molar-refractivity contribution >= 4 is 5.97 Å². The molecule has 0 saturated carbocycles. The van der Waals surface area contributed by atoms with Gasteiger partial charge in [-0.05, 0) is 24.1 Å². The van der Waals surface area contributed by atoms with Gasteiger partial charge in [0.05, 0.1) is 0 Å². The number of carboxylic acids is 1. The molecule has 3 heteroatoms. The molecule has 0 atom stereocenters. The molecule has 1 aromatic carbocycles. The SMILES string of the molecule is C=C.O=C(O)CCc1ccc(O)cc1. The molecule has 0 saturated heterocycles. The van der Waals surface area contributed by atoms with Crippen molar-refractivity contribution in [3.63, 3.8) is 0 Å². The summed E-state index contributed by atoms with van der Waals surface area (Å²) < 4.78 is 0. The average molecular weight is 194 g/mol. The Balaban J connectivity index is 0.000000791. The zero-order chi connectivity index (χ0) is 11.0. The summed E-state index contributed by atoms with van der Waals surface area (Å²) in [4.78, 5) is 10.2. The molecule has 0 heterocycles. The van der Waals surface area contributed by atoms with Crippen LogP contribution in [0.4, 0.5) is 0 Å². The number of hydrogen-bond acceptors (Lipinski definition) is 2. The Morgan fingerprint density at radius 1 is 1.21 bits per heavy atom. The first kappa shape index (κ1) is 12.2. The number of aliphatic carboxylic acids is 1. The topological polar surface area (TPSA) is 57.5 Å². The van der Waals surface area contributed by atoms with Gasteiger partial charge >= 0.3 is 5.97 Å². The molecule has 0 aliphatic carbocycles. The van der Waals surface area contributed by atoms with Crippen molar-refractivity contribution in [2.24, 2.45) is 0 Å². The predicted molar refractivity (Wildman–Crippen MR) is 55.3 cm³/mol. The zero-order valence-electron chi connectivity index (χ0n) is 7.94. The molecule has 0 aromatic heterocycles. The predicted octanol–water partition coefficient (Wildman–Crippen LogP) is 2.21. The normalized spacial score (nSPS) is 8.57. The van der Waals surface area contributed by atoms with E-state index in [2.05, 4.69) is 13.2 Å². The number of carbonyl (C=O) groups is 1. The molecule has 0 fully saturated rings. The van der Waals surface area contributed by atoms with E-state index in [9.17, 15) is 4.79 Å². The highest BCUT2D eigenvalue weighted by Gasteiger charge is 1.98. The Labute approximate surface area is 83.3 Å². The van der Waals surface area contributed by atoms with E-state index in [1.165, 1.54) is 0 Å². The van der Waals surface area contributed by atoms with Crippen LogP contribution in [0, 0.1) is 0 Å². The van der Waals surface area contributed by atoms with Crippen LogP contribution in [0.2, 0.25) is 0 Å². The minimum absolute atomic E-state index is 0.130. The van der Waals surface area contributed by atoms with Gasteiger partial charge in [0, 0.05) is 6.42 Å². The van der Waals surface area contributed by atoms with Crippen LogP contribution in [-0.2, 0) is 11.2 Å². The number of phenols is 1. The van der Waals surface area contributed by atoms with Crippen LogP contribution in [0.5, 0.6) is 5.75 Å². The van der Waals surface area contributed by atoms with Crippen molar-refractivity contribution in [2.75, 3.05) is 0 Å². The van der Waals surface area contributed by atoms with Crippen LogP contribution in [0.25, 0.3) is 0 Å². The molecule has 1 rings (SSSR count). The van der Waals surface area contributed by atoms with E-state index in [0.717, 1.165) is 5.56 Å². The van der Waals surface area contributed by atoms with Crippen LogP contribution in [0.15, 0.2) is 37.4 Å². The van der Waals surface area contributed by atoms with Gasteiger partial charge < -0.3 is 10.2 Å². The van der Waals surface area contributed by atoms with Crippen molar-refractivity contribution in [1.29, 1.82) is 0 Å². The fraction of sp³-hybridized carbons (Fsp3) is 0.182. The minimum Gasteiger partial charge on any atom is -0.508 e. The van der Waals surface area contributed by atoms with Crippen molar-refractivity contribution < 1.29 is 15.0 Å². The maximum absolute atomic E-state index is 10.2. The van der Waals surface area contributed by atoms with Gasteiger partial charge in [0.2, 0.25) is 0 Å². The second kappa shape index (κ2) is 6.71. The highest BCUT2D eigenvalue weighted by Crippen LogP contribution is 2.10. The van der Waals surface area contributed by atoms with Gasteiger partial charge in [-0.3, -0.25) is 4.79 Å². The minimum atomic E-state index is -0.803. The third-order valence-corrected chi connectivity index (χ3v) is 1.56. The van der Waals surface area contributed by atoms with Crippen LogP contribution >= 0.6 is 0 Å². The van der Waals surface area contributed by atoms with E-state index in [1.54, 1.807) is 24.3 Å². The average Bonchev–Trinajstić information content (AvgIpc) is 2.20. The van der Waals surface area contributed by atoms with Gasteiger partial charge in [-0.2, -0.15) is 0 Å². The van der Waals surface area contributed by atoms with Gasteiger partial charge in [-0.25, -0.2) is 0 Å². The molecule has 3 nitrogen and oxygen atoms in total. The monoisotopic (exact) mass is 194 g/mol. The third-order valence-electron chi connectivity index (χ3n) is 1.56. The maximum Gasteiger partial charge on any atom is 0.303 e. The second-order valence-electron chi connectivity index (χ2n) is 2.56. The molecule has 0 aliphatic rings. The Bertz CT molecular complexity index is 277. The summed E-state index contributed by atoms with van der Waals surface area (Å²) in [6, 6.07) is 6.55. The first-order valence-corrected chi connectivity index (χ1v) is 4.18. The molecule has 0 bridgehead atoms. The lowest BCUT2D eigenvalue weighted by Gasteiger charge is -1.97. The van der Waals surface area contributed by atoms with Crippen molar-refractivity contribution in [3.05, 3.63) is 43.0 Å². The van der Waals surface area contributed by atoms with E-state index in [4.69, 9.17) is 10.2 Å². The summed E-state index contributed by atoms with van der Waals surface area (Å²) in [5, 5.41) is 17.3. The molecule has 0 aliphatic heterocycles. The van der Waals surface area contributed by atoms with Gasteiger partial charge in [0.1, 0.15) is 5.75 Å². The maximum atomic E-state index is 10.2. The molecular formula is C11H14O3. The fourth-order valence-corrected chi connectivity index (χ4v) is 0.914. The fourth-order valence-electron chi connectivity index (χ4n) is 0.914. The van der Waals surface area contributed by atoms with Crippen LogP contribution in [0.3, 0.4) is 0 Å².